The summed E-state index contributed by atoms with van der Waals surface area (Å²) in [5, 5.41) is 10.6. The zero-order chi connectivity index (χ0) is 18.8. The maximum absolute atomic E-state index is 12.5. The summed E-state index contributed by atoms with van der Waals surface area (Å²) in [6.45, 7) is 1.88. The van der Waals surface area contributed by atoms with Crippen LogP contribution >= 0.6 is 22.9 Å². The molecule has 0 bridgehead atoms. The molecule has 0 aliphatic heterocycles. The number of hydrogen-bond acceptors (Lipinski definition) is 4. The summed E-state index contributed by atoms with van der Waals surface area (Å²) in [4.78, 5) is 17.2. The summed E-state index contributed by atoms with van der Waals surface area (Å²) in [6, 6.07) is 18.5. The molecule has 2 aromatic heterocycles. The van der Waals surface area contributed by atoms with E-state index in [1.165, 1.54) is 11.3 Å². The lowest BCUT2D eigenvalue weighted by molar-refractivity contribution is 0.102. The van der Waals surface area contributed by atoms with Gasteiger partial charge in [-0.25, -0.2) is 4.98 Å². The summed E-state index contributed by atoms with van der Waals surface area (Å²) in [5.41, 5.74) is 3.22. The molecule has 1 N–H and O–H groups in total. The third-order valence-corrected chi connectivity index (χ3v) is 4.99. The molecule has 0 saturated heterocycles. The average Bonchev–Trinajstić information content (AvgIpc) is 3.29. The molecular weight excluding hydrogens is 380 g/mol. The van der Waals surface area contributed by atoms with Crippen molar-refractivity contribution in [3.8, 4) is 16.4 Å². The number of amides is 1. The first-order chi connectivity index (χ1) is 13.1. The number of carbonyl (C=O) groups excluding carboxylic acids is 1. The van der Waals surface area contributed by atoms with Crippen molar-refractivity contribution in [3.63, 3.8) is 0 Å². The van der Waals surface area contributed by atoms with E-state index < -0.39 is 0 Å². The number of thiazole rings is 1. The Morgan fingerprint density at radius 2 is 1.85 bits per heavy atom. The van der Waals surface area contributed by atoms with Crippen LogP contribution in [0.3, 0.4) is 0 Å². The fourth-order valence-corrected chi connectivity index (χ4v) is 3.55. The van der Waals surface area contributed by atoms with Crippen molar-refractivity contribution in [2.45, 2.75) is 6.92 Å². The SMILES string of the molecule is Cc1cc(NC(=O)c2ccc(Cl)cc2)n(-c2nc(-c3ccccc3)cs2)n1. The Balaban J connectivity index is 1.63. The van der Waals surface area contributed by atoms with Crippen LogP contribution in [-0.4, -0.2) is 20.7 Å². The highest BCUT2D eigenvalue weighted by Gasteiger charge is 2.15. The molecule has 134 valence electrons. The number of halogens is 1. The maximum atomic E-state index is 12.5. The molecular formula is C20H15ClN4OS. The van der Waals surface area contributed by atoms with E-state index in [0.29, 0.717) is 21.5 Å². The number of aromatic nitrogens is 3. The minimum atomic E-state index is -0.229. The molecule has 0 fully saturated rings. The standard InChI is InChI=1S/C20H15ClN4OS/c1-13-11-18(23-19(26)15-7-9-16(21)10-8-15)25(24-13)20-22-17(12-27-20)14-5-3-2-4-6-14/h2-12H,1H3,(H,23,26). The summed E-state index contributed by atoms with van der Waals surface area (Å²) in [6.07, 6.45) is 0. The Hall–Kier alpha value is -2.96. The van der Waals surface area contributed by atoms with Gasteiger partial charge in [0.25, 0.3) is 5.91 Å². The molecule has 2 heterocycles. The second-order valence-electron chi connectivity index (χ2n) is 5.93. The highest BCUT2D eigenvalue weighted by Crippen LogP contribution is 2.26. The van der Waals surface area contributed by atoms with E-state index >= 15 is 0 Å². The van der Waals surface area contributed by atoms with Gasteiger partial charge < -0.3 is 5.32 Å². The predicted octanol–water partition coefficient (Wildman–Crippen LogP) is 5.21. The first-order valence-corrected chi connectivity index (χ1v) is 9.51. The summed E-state index contributed by atoms with van der Waals surface area (Å²) >= 11 is 7.36. The maximum Gasteiger partial charge on any atom is 0.256 e. The van der Waals surface area contributed by atoms with E-state index in [9.17, 15) is 4.79 Å². The molecule has 7 heteroatoms. The molecule has 0 spiro atoms. The molecule has 5 nitrogen and oxygen atoms in total. The van der Waals surface area contributed by atoms with Crippen LogP contribution in [0.4, 0.5) is 5.82 Å². The van der Waals surface area contributed by atoms with Gasteiger partial charge in [0, 0.05) is 27.6 Å². The number of benzene rings is 2. The van der Waals surface area contributed by atoms with Crippen LogP contribution in [0.15, 0.2) is 66.0 Å². The van der Waals surface area contributed by atoms with Crippen molar-refractivity contribution in [2.75, 3.05) is 5.32 Å². The van der Waals surface area contributed by atoms with Crippen LogP contribution in [0.25, 0.3) is 16.4 Å². The monoisotopic (exact) mass is 394 g/mol. The van der Waals surface area contributed by atoms with Crippen LogP contribution in [0, 0.1) is 6.92 Å². The second kappa shape index (κ2) is 7.34. The third-order valence-electron chi connectivity index (χ3n) is 3.92. The molecule has 0 atom stereocenters. The normalized spacial score (nSPS) is 10.7. The van der Waals surface area contributed by atoms with E-state index in [-0.39, 0.29) is 5.91 Å². The van der Waals surface area contributed by atoms with Gasteiger partial charge in [0.1, 0.15) is 5.82 Å². The molecule has 0 aliphatic rings. The Morgan fingerprint density at radius 1 is 1.11 bits per heavy atom. The van der Waals surface area contributed by atoms with E-state index in [4.69, 9.17) is 11.6 Å². The predicted molar refractivity (Wildman–Crippen MR) is 109 cm³/mol. The Bertz CT molecular complexity index is 1090. The number of nitrogens with zero attached hydrogens (tertiary/aromatic N) is 3. The third kappa shape index (κ3) is 3.77. The first-order valence-electron chi connectivity index (χ1n) is 8.25. The Morgan fingerprint density at radius 3 is 2.59 bits per heavy atom. The van der Waals surface area contributed by atoms with Crippen molar-refractivity contribution >= 4 is 34.7 Å². The van der Waals surface area contributed by atoms with Gasteiger partial charge in [-0.2, -0.15) is 9.78 Å². The van der Waals surface area contributed by atoms with Gasteiger partial charge in [-0.15, -0.1) is 11.3 Å². The second-order valence-corrected chi connectivity index (χ2v) is 7.20. The molecule has 4 aromatic rings. The lowest BCUT2D eigenvalue weighted by atomic mass is 10.2. The number of carbonyl (C=O) groups is 1. The summed E-state index contributed by atoms with van der Waals surface area (Å²) < 4.78 is 1.65. The minimum Gasteiger partial charge on any atom is -0.306 e. The first kappa shape index (κ1) is 17.5. The van der Waals surface area contributed by atoms with Crippen molar-refractivity contribution in [1.82, 2.24) is 14.8 Å². The molecule has 0 unspecified atom stereocenters. The number of rotatable bonds is 4. The van der Waals surface area contributed by atoms with Gasteiger partial charge in [0.2, 0.25) is 5.13 Å². The van der Waals surface area contributed by atoms with Crippen LogP contribution in [-0.2, 0) is 0 Å². The van der Waals surface area contributed by atoms with Gasteiger partial charge in [0.15, 0.2) is 0 Å². The average molecular weight is 395 g/mol. The van der Waals surface area contributed by atoms with Crippen LogP contribution < -0.4 is 5.32 Å². The van der Waals surface area contributed by atoms with E-state index in [0.717, 1.165) is 17.0 Å². The molecule has 2 aromatic carbocycles. The smallest absolute Gasteiger partial charge is 0.256 e. The Labute approximate surface area is 165 Å². The quantitative estimate of drug-likeness (QED) is 0.516. The van der Waals surface area contributed by atoms with Crippen LogP contribution in [0.5, 0.6) is 0 Å². The fourth-order valence-electron chi connectivity index (χ4n) is 2.63. The number of aryl methyl sites for hydroxylation is 1. The number of hydrogen-bond donors (Lipinski definition) is 1. The van der Waals surface area contributed by atoms with Gasteiger partial charge in [0.05, 0.1) is 11.4 Å². The number of anilines is 1. The van der Waals surface area contributed by atoms with E-state index in [2.05, 4.69) is 15.4 Å². The molecule has 0 saturated carbocycles. The minimum absolute atomic E-state index is 0.229. The zero-order valence-corrected chi connectivity index (χ0v) is 16.0. The molecule has 1 amide bonds. The van der Waals surface area contributed by atoms with Crippen LogP contribution in [0.2, 0.25) is 5.02 Å². The molecule has 0 aliphatic carbocycles. The highest BCUT2D eigenvalue weighted by molar-refractivity contribution is 7.12. The van der Waals surface area contributed by atoms with E-state index in [1.54, 1.807) is 28.9 Å². The van der Waals surface area contributed by atoms with Gasteiger partial charge >= 0.3 is 0 Å². The lowest BCUT2D eigenvalue weighted by Crippen LogP contribution is -2.15. The molecule has 27 heavy (non-hydrogen) atoms. The van der Waals surface area contributed by atoms with Gasteiger partial charge in [-0.1, -0.05) is 41.9 Å². The van der Waals surface area contributed by atoms with Crippen molar-refractivity contribution < 1.29 is 4.79 Å². The Kier molecular flexibility index (Phi) is 4.75. The molecule has 4 rings (SSSR count). The van der Waals surface area contributed by atoms with Gasteiger partial charge in [-0.05, 0) is 31.2 Å². The largest absolute Gasteiger partial charge is 0.306 e. The van der Waals surface area contributed by atoms with Gasteiger partial charge in [-0.3, -0.25) is 4.79 Å². The lowest BCUT2D eigenvalue weighted by Gasteiger charge is -2.06. The van der Waals surface area contributed by atoms with Crippen molar-refractivity contribution in [1.29, 1.82) is 0 Å². The zero-order valence-electron chi connectivity index (χ0n) is 14.4. The van der Waals surface area contributed by atoms with E-state index in [1.807, 2.05) is 48.7 Å². The molecule has 0 radical (unpaired) electrons. The fraction of sp³-hybridized carbons (Fsp3) is 0.0500. The highest BCUT2D eigenvalue weighted by atomic mass is 35.5. The summed E-state index contributed by atoms with van der Waals surface area (Å²) in [7, 11) is 0. The van der Waals surface area contributed by atoms with Crippen molar-refractivity contribution in [3.05, 3.63) is 82.3 Å². The summed E-state index contributed by atoms with van der Waals surface area (Å²) in [5.74, 6) is 0.342. The topological polar surface area (TPSA) is 59.8 Å². The van der Waals surface area contributed by atoms with Crippen LogP contribution in [0.1, 0.15) is 16.1 Å². The number of nitrogens with one attached hydrogen (secondary N) is 1. The van der Waals surface area contributed by atoms with Crippen molar-refractivity contribution in [2.24, 2.45) is 0 Å².